The van der Waals surface area contributed by atoms with Gasteiger partial charge >= 0.3 is 5.69 Å². The highest BCUT2D eigenvalue weighted by Crippen LogP contribution is 2.14. The molecule has 0 saturated carbocycles. The fraction of sp³-hybridized carbons (Fsp3) is 0.300. The lowest BCUT2D eigenvalue weighted by atomic mass is 10.1. The Labute approximate surface area is 80.6 Å². The quantitative estimate of drug-likeness (QED) is 0.672. The Bertz CT molecular complexity index is 484. The number of imidazole rings is 1. The van der Waals surface area contributed by atoms with Crippen molar-refractivity contribution in [1.82, 2.24) is 9.97 Å². The summed E-state index contributed by atoms with van der Waals surface area (Å²) in [6, 6.07) is 5.72. The third-order valence-corrected chi connectivity index (χ3v) is 2.24. The van der Waals surface area contributed by atoms with E-state index >= 15 is 0 Å². The van der Waals surface area contributed by atoms with E-state index in [1.165, 1.54) is 0 Å². The number of aliphatic hydroxyl groups excluding tert-OH is 1. The molecule has 4 nitrogen and oxygen atoms in total. The highest BCUT2D eigenvalue weighted by atomic mass is 16.2. The lowest BCUT2D eigenvalue weighted by Crippen LogP contribution is -1.99. The molecule has 4 heteroatoms. The lowest BCUT2D eigenvalue weighted by molar-refractivity contribution is 0.289. The maximum absolute atomic E-state index is 11.1. The molecular weight excluding hydrogens is 180 g/mol. The van der Waals surface area contributed by atoms with Gasteiger partial charge in [-0.2, -0.15) is 0 Å². The number of hydrogen-bond acceptors (Lipinski definition) is 2. The largest absolute Gasteiger partial charge is 0.396 e. The van der Waals surface area contributed by atoms with Crippen molar-refractivity contribution in [2.75, 3.05) is 6.61 Å². The van der Waals surface area contributed by atoms with Crippen LogP contribution in [0.3, 0.4) is 0 Å². The minimum atomic E-state index is -0.184. The summed E-state index contributed by atoms with van der Waals surface area (Å²) >= 11 is 0. The molecule has 0 atom stereocenters. The van der Waals surface area contributed by atoms with Crippen molar-refractivity contribution in [1.29, 1.82) is 0 Å². The number of para-hydroxylation sites is 1. The maximum atomic E-state index is 11.1. The molecule has 0 radical (unpaired) electrons. The van der Waals surface area contributed by atoms with Crippen LogP contribution in [-0.2, 0) is 6.42 Å². The van der Waals surface area contributed by atoms with Gasteiger partial charge in [-0.05, 0) is 24.5 Å². The fourth-order valence-corrected chi connectivity index (χ4v) is 1.60. The molecule has 0 unspecified atom stereocenters. The van der Waals surface area contributed by atoms with Crippen molar-refractivity contribution < 1.29 is 5.11 Å². The first-order valence-electron chi connectivity index (χ1n) is 4.62. The highest BCUT2D eigenvalue weighted by molar-refractivity contribution is 5.78. The topological polar surface area (TPSA) is 68.9 Å². The zero-order valence-electron chi connectivity index (χ0n) is 7.71. The number of H-pyrrole nitrogens is 2. The number of benzene rings is 1. The molecule has 2 rings (SSSR count). The van der Waals surface area contributed by atoms with E-state index in [4.69, 9.17) is 5.11 Å². The Kier molecular flexibility index (Phi) is 2.37. The van der Waals surface area contributed by atoms with Crippen LogP contribution >= 0.6 is 0 Å². The van der Waals surface area contributed by atoms with Crippen molar-refractivity contribution >= 4 is 11.0 Å². The van der Waals surface area contributed by atoms with Crippen LogP contribution in [0.4, 0.5) is 0 Å². The van der Waals surface area contributed by atoms with E-state index in [1.54, 1.807) is 0 Å². The number of aryl methyl sites for hydroxylation is 1. The number of aromatic amines is 2. The number of aromatic nitrogens is 2. The first-order chi connectivity index (χ1) is 6.81. The predicted molar refractivity (Wildman–Crippen MR) is 54.3 cm³/mol. The van der Waals surface area contributed by atoms with E-state index in [9.17, 15) is 4.79 Å². The summed E-state index contributed by atoms with van der Waals surface area (Å²) in [5, 5.41) is 8.73. The van der Waals surface area contributed by atoms with Crippen molar-refractivity contribution in [2.45, 2.75) is 12.8 Å². The summed E-state index contributed by atoms with van der Waals surface area (Å²) in [5.41, 5.74) is 2.56. The number of rotatable bonds is 3. The molecule has 0 aliphatic carbocycles. The van der Waals surface area contributed by atoms with Crippen molar-refractivity contribution in [3.8, 4) is 0 Å². The van der Waals surface area contributed by atoms with E-state index in [1.807, 2.05) is 18.2 Å². The maximum Gasteiger partial charge on any atom is 0.323 e. The van der Waals surface area contributed by atoms with Crippen molar-refractivity contribution in [2.24, 2.45) is 0 Å². The van der Waals surface area contributed by atoms with Crippen molar-refractivity contribution in [3.63, 3.8) is 0 Å². The van der Waals surface area contributed by atoms with Crippen molar-refractivity contribution in [3.05, 3.63) is 34.2 Å². The molecule has 0 fully saturated rings. The molecule has 0 saturated heterocycles. The average molecular weight is 192 g/mol. The van der Waals surface area contributed by atoms with Crippen LogP contribution in [0.2, 0.25) is 0 Å². The Morgan fingerprint density at radius 3 is 2.93 bits per heavy atom. The molecule has 0 bridgehead atoms. The van der Waals surface area contributed by atoms with Gasteiger partial charge in [0.05, 0.1) is 11.0 Å². The van der Waals surface area contributed by atoms with Gasteiger partial charge in [-0.3, -0.25) is 0 Å². The summed E-state index contributed by atoms with van der Waals surface area (Å²) in [5.74, 6) is 0. The smallest absolute Gasteiger partial charge is 0.323 e. The van der Waals surface area contributed by atoms with Crippen LogP contribution in [0.15, 0.2) is 23.0 Å². The van der Waals surface area contributed by atoms with E-state index in [0.29, 0.717) is 6.42 Å². The molecule has 0 aliphatic heterocycles. The number of hydrogen-bond donors (Lipinski definition) is 3. The predicted octanol–water partition coefficient (Wildman–Crippen LogP) is 0.781. The van der Waals surface area contributed by atoms with Crippen LogP contribution in [0.1, 0.15) is 12.0 Å². The van der Waals surface area contributed by atoms with Gasteiger partial charge < -0.3 is 15.1 Å². The van der Waals surface area contributed by atoms with Gasteiger partial charge in [-0.1, -0.05) is 12.1 Å². The summed E-state index contributed by atoms with van der Waals surface area (Å²) in [4.78, 5) is 16.5. The molecule has 2 aromatic rings. The molecule has 1 aromatic heterocycles. The summed E-state index contributed by atoms with van der Waals surface area (Å²) in [6.45, 7) is 0.172. The molecule has 1 aromatic carbocycles. The first-order valence-corrected chi connectivity index (χ1v) is 4.62. The summed E-state index contributed by atoms with van der Waals surface area (Å²) in [6.07, 6.45) is 1.49. The first kappa shape index (κ1) is 9.02. The zero-order chi connectivity index (χ0) is 9.97. The van der Waals surface area contributed by atoms with Crippen LogP contribution in [-0.4, -0.2) is 21.7 Å². The molecule has 3 N–H and O–H groups in total. The number of nitrogens with one attached hydrogen (secondary N) is 2. The van der Waals surface area contributed by atoms with Gasteiger partial charge in [0.1, 0.15) is 0 Å². The van der Waals surface area contributed by atoms with E-state index < -0.39 is 0 Å². The Morgan fingerprint density at radius 1 is 1.29 bits per heavy atom. The Morgan fingerprint density at radius 2 is 2.14 bits per heavy atom. The standard InChI is InChI=1S/C10H12N2O2/c13-6-2-4-7-3-1-5-8-9(7)12-10(14)11-8/h1,3,5,13H,2,4,6H2,(H2,11,12,14). The summed E-state index contributed by atoms with van der Waals surface area (Å²) < 4.78 is 0. The normalized spacial score (nSPS) is 10.9. The van der Waals surface area contributed by atoms with Gasteiger partial charge in [-0.15, -0.1) is 0 Å². The second kappa shape index (κ2) is 3.67. The minimum absolute atomic E-state index is 0.172. The molecular formula is C10H12N2O2. The van der Waals surface area contributed by atoms with E-state index in [0.717, 1.165) is 23.0 Å². The van der Waals surface area contributed by atoms with Gasteiger partial charge in [0.15, 0.2) is 0 Å². The average Bonchev–Trinajstić information content (AvgIpc) is 2.55. The third-order valence-electron chi connectivity index (χ3n) is 2.24. The van der Waals surface area contributed by atoms with Gasteiger partial charge in [0, 0.05) is 6.61 Å². The molecule has 14 heavy (non-hydrogen) atoms. The monoisotopic (exact) mass is 192 g/mol. The summed E-state index contributed by atoms with van der Waals surface area (Å²) in [7, 11) is 0. The highest BCUT2D eigenvalue weighted by Gasteiger charge is 2.02. The van der Waals surface area contributed by atoms with Crippen LogP contribution in [0, 0.1) is 0 Å². The van der Waals surface area contributed by atoms with Crippen LogP contribution in [0.5, 0.6) is 0 Å². The lowest BCUT2D eigenvalue weighted by Gasteiger charge is -2.00. The number of fused-ring (bicyclic) bond motifs is 1. The Balaban J connectivity index is 2.47. The van der Waals surface area contributed by atoms with Gasteiger partial charge in [0.25, 0.3) is 0 Å². The van der Waals surface area contributed by atoms with Crippen LogP contribution < -0.4 is 5.69 Å². The van der Waals surface area contributed by atoms with Gasteiger partial charge in [0.2, 0.25) is 0 Å². The third kappa shape index (κ3) is 1.56. The second-order valence-corrected chi connectivity index (χ2v) is 3.25. The zero-order valence-corrected chi connectivity index (χ0v) is 7.71. The van der Waals surface area contributed by atoms with Gasteiger partial charge in [-0.25, -0.2) is 4.79 Å². The van der Waals surface area contributed by atoms with E-state index in [2.05, 4.69) is 9.97 Å². The van der Waals surface area contributed by atoms with E-state index in [-0.39, 0.29) is 12.3 Å². The molecule has 0 aliphatic rings. The molecule has 0 spiro atoms. The molecule has 0 amide bonds. The second-order valence-electron chi connectivity index (χ2n) is 3.25. The SMILES string of the molecule is O=c1[nH]c2cccc(CCCO)c2[nH]1. The molecule has 74 valence electrons. The Hall–Kier alpha value is -1.55. The molecule has 1 heterocycles. The fourth-order valence-electron chi connectivity index (χ4n) is 1.60. The number of aliphatic hydroxyl groups is 1. The van der Waals surface area contributed by atoms with Crippen LogP contribution in [0.25, 0.3) is 11.0 Å². The minimum Gasteiger partial charge on any atom is -0.396 e.